The van der Waals surface area contributed by atoms with E-state index in [4.69, 9.17) is 9.97 Å². The van der Waals surface area contributed by atoms with Crippen molar-refractivity contribution in [3.8, 4) is 11.4 Å². The van der Waals surface area contributed by atoms with Gasteiger partial charge in [0, 0.05) is 51.0 Å². The predicted molar refractivity (Wildman–Crippen MR) is 115 cm³/mol. The zero-order valence-corrected chi connectivity index (χ0v) is 17.0. The Labute approximate surface area is 167 Å². The zero-order chi connectivity index (χ0) is 19.7. The van der Waals surface area contributed by atoms with Gasteiger partial charge < -0.3 is 15.1 Å². The van der Waals surface area contributed by atoms with Gasteiger partial charge in [-0.3, -0.25) is 5.10 Å². The van der Waals surface area contributed by atoms with Gasteiger partial charge in [0.15, 0.2) is 11.6 Å². The van der Waals surface area contributed by atoms with E-state index in [2.05, 4.69) is 64.4 Å². The Kier molecular flexibility index (Phi) is 5.00. The van der Waals surface area contributed by atoms with E-state index in [0.29, 0.717) is 0 Å². The molecular weight excluding hydrogens is 350 g/mol. The van der Waals surface area contributed by atoms with Gasteiger partial charge in [-0.05, 0) is 39.4 Å². The SMILES string of the molecule is Cc1ccc(C)c(-c2nc(Nc3cc(C)[nH]n3)cc(N3CCN(C)CC3)n2)c1.[HH]. The summed E-state index contributed by atoms with van der Waals surface area (Å²) in [4.78, 5) is 14.4. The molecule has 0 saturated carbocycles. The first-order valence-electron chi connectivity index (χ1n) is 9.67. The Balaban J connectivity index is 0.00000240. The number of nitrogens with zero attached hydrogens (tertiary/aromatic N) is 5. The number of anilines is 3. The number of aromatic amines is 1. The number of aromatic nitrogens is 4. The number of hydrogen-bond donors (Lipinski definition) is 2. The molecule has 7 nitrogen and oxygen atoms in total. The van der Waals surface area contributed by atoms with Gasteiger partial charge in [-0.15, -0.1) is 0 Å². The smallest absolute Gasteiger partial charge is 0.164 e. The van der Waals surface area contributed by atoms with Crippen molar-refractivity contribution >= 4 is 17.5 Å². The first-order valence-corrected chi connectivity index (χ1v) is 9.67. The summed E-state index contributed by atoms with van der Waals surface area (Å²) in [5.74, 6) is 3.21. The average Bonchev–Trinajstić information content (AvgIpc) is 3.08. The summed E-state index contributed by atoms with van der Waals surface area (Å²) in [6.45, 7) is 10.2. The lowest BCUT2D eigenvalue weighted by molar-refractivity contribution is 0.312. The highest BCUT2D eigenvalue weighted by Gasteiger charge is 2.18. The number of likely N-dealkylation sites (N-methyl/N-ethyl adjacent to an activating group) is 1. The van der Waals surface area contributed by atoms with E-state index in [1.807, 2.05) is 19.1 Å². The molecule has 3 heterocycles. The molecule has 2 N–H and O–H groups in total. The first-order chi connectivity index (χ1) is 13.5. The molecule has 0 amide bonds. The molecule has 0 aliphatic carbocycles. The van der Waals surface area contributed by atoms with Crippen molar-refractivity contribution in [3.05, 3.63) is 47.2 Å². The molecule has 1 fully saturated rings. The van der Waals surface area contributed by atoms with E-state index in [9.17, 15) is 0 Å². The molecule has 3 aromatic rings. The van der Waals surface area contributed by atoms with E-state index in [1.165, 1.54) is 11.1 Å². The fourth-order valence-electron chi connectivity index (χ4n) is 3.41. The highest BCUT2D eigenvalue weighted by Crippen LogP contribution is 2.27. The number of aryl methyl sites for hydroxylation is 3. The van der Waals surface area contributed by atoms with E-state index >= 15 is 0 Å². The summed E-state index contributed by atoms with van der Waals surface area (Å²) in [5, 5.41) is 10.6. The molecule has 1 aromatic carbocycles. The Bertz CT molecular complexity index is 977. The van der Waals surface area contributed by atoms with Crippen LogP contribution in [-0.4, -0.2) is 58.3 Å². The second-order valence-electron chi connectivity index (χ2n) is 7.60. The van der Waals surface area contributed by atoms with Crippen LogP contribution in [0.2, 0.25) is 0 Å². The quantitative estimate of drug-likeness (QED) is 0.722. The minimum Gasteiger partial charge on any atom is -0.354 e. The topological polar surface area (TPSA) is 73.0 Å². The second kappa shape index (κ2) is 7.59. The van der Waals surface area contributed by atoms with Crippen LogP contribution in [0.1, 0.15) is 18.2 Å². The van der Waals surface area contributed by atoms with Gasteiger partial charge in [0.1, 0.15) is 11.6 Å². The molecule has 28 heavy (non-hydrogen) atoms. The van der Waals surface area contributed by atoms with Crippen molar-refractivity contribution < 1.29 is 1.43 Å². The predicted octanol–water partition coefficient (Wildman–Crippen LogP) is 3.53. The van der Waals surface area contributed by atoms with E-state index in [-0.39, 0.29) is 1.43 Å². The maximum absolute atomic E-state index is 4.93. The highest BCUT2D eigenvalue weighted by molar-refractivity contribution is 5.67. The lowest BCUT2D eigenvalue weighted by Crippen LogP contribution is -2.44. The molecule has 7 heteroatoms. The maximum Gasteiger partial charge on any atom is 0.164 e. The van der Waals surface area contributed by atoms with Crippen LogP contribution < -0.4 is 10.2 Å². The lowest BCUT2D eigenvalue weighted by atomic mass is 10.1. The normalized spacial score (nSPS) is 15.1. The molecule has 148 valence electrons. The van der Waals surface area contributed by atoms with Crippen molar-refractivity contribution in [2.75, 3.05) is 43.4 Å². The minimum atomic E-state index is 0. The van der Waals surface area contributed by atoms with E-state index < -0.39 is 0 Å². The molecule has 1 saturated heterocycles. The van der Waals surface area contributed by atoms with Gasteiger partial charge >= 0.3 is 0 Å². The van der Waals surface area contributed by atoms with Gasteiger partial charge in [-0.1, -0.05) is 17.7 Å². The van der Waals surface area contributed by atoms with Crippen LogP contribution in [0.3, 0.4) is 0 Å². The first kappa shape index (κ1) is 18.4. The van der Waals surface area contributed by atoms with Gasteiger partial charge in [0.05, 0.1) is 0 Å². The molecule has 0 spiro atoms. The van der Waals surface area contributed by atoms with Gasteiger partial charge in [-0.25, -0.2) is 9.97 Å². The average molecular weight is 380 g/mol. The van der Waals surface area contributed by atoms with Crippen molar-refractivity contribution in [3.63, 3.8) is 0 Å². The van der Waals surface area contributed by atoms with E-state index in [0.717, 1.165) is 60.7 Å². The third kappa shape index (κ3) is 3.99. The standard InChI is InChI=1S/C21H27N7.H2/c1-14-5-6-15(2)17(11-14)21-23-18(22-19-12-16(3)25-26-19)13-20(24-21)28-9-7-27(4)8-10-28;/h5-6,11-13H,7-10H2,1-4H3,(H2,22,23,24,25,26);1H. The van der Waals surface area contributed by atoms with Gasteiger partial charge in [-0.2, -0.15) is 5.10 Å². The fraction of sp³-hybridized carbons (Fsp3) is 0.381. The molecular formula is C21H29N7. The molecule has 1 aliphatic heterocycles. The lowest BCUT2D eigenvalue weighted by Gasteiger charge is -2.33. The molecule has 4 rings (SSSR count). The van der Waals surface area contributed by atoms with Gasteiger partial charge in [0.2, 0.25) is 0 Å². The van der Waals surface area contributed by atoms with Crippen molar-refractivity contribution in [1.82, 2.24) is 25.1 Å². The minimum absolute atomic E-state index is 0. The molecule has 0 radical (unpaired) electrons. The molecule has 1 aliphatic rings. The number of H-pyrrole nitrogens is 1. The van der Waals surface area contributed by atoms with Crippen LogP contribution >= 0.6 is 0 Å². The van der Waals surface area contributed by atoms with Gasteiger partial charge in [0.25, 0.3) is 0 Å². The number of piperazine rings is 1. The summed E-state index contributed by atoms with van der Waals surface area (Å²) in [5.41, 5.74) is 4.44. The third-order valence-corrected chi connectivity index (χ3v) is 5.14. The summed E-state index contributed by atoms with van der Waals surface area (Å²) >= 11 is 0. The van der Waals surface area contributed by atoms with Crippen molar-refractivity contribution in [1.29, 1.82) is 0 Å². The second-order valence-corrected chi connectivity index (χ2v) is 7.60. The molecule has 0 bridgehead atoms. The summed E-state index contributed by atoms with van der Waals surface area (Å²) in [7, 11) is 2.16. The van der Waals surface area contributed by atoms with Crippen LogP contribution in [0.5, 0.6) is 0 Å². The van der Waals surface area contributed by atoms with Crippen LogP contribution in [0.15, 0.2) is 30.3 Å². The Hall–Kier alpha value is -2.93. The number of hydrogen-bond acceptors (Lipinski definition) is 6. The van der Waals surface area contributed by atoms with Crippen molar-refractivity contribution in [2.45, 2.75) is 20.8 Å². The molecule has 2 aromatic heterocycles. The van der Waals surface area contributed by atoms with Crippen LogP contribution in [0.4, 0.5) is 17.5 Å². The van der Waals surface area contributed by atoms with Crippen molar-refractivity contribution in [2.24, 2.45) is 0 Å². The Morgan fingerprint density at radius 2 is 1.75 bits per heavy atom. The molecule has 0 unspecified atom stereocenters. The summed E-state index contributed by atoms with van der Waals surface area (Å²) in [6, 6.07) is 10.4. The largest absolute Gasteiger partial charge is 0.354 e. The Morgan fingerprint density at radius 1 is 0.964 bits per heavy atom. The maximum atomic E-state index is 4.93. The third-order valence-electron chi connectivity index (χ3n) is 5.14. The van der Waals surface area contributed by atoms with Crippen LogP contribution in [-0.2, 0) is 0 Å². The highest BCUT2D eigenvalue weighted by atomic mass is 15.3. The number of rotatable bonds is 4. The monoisotopic (exact) mass is 379 g/mol. The number of nitrogens with one attached hydrogen (secondary N) is 2. The fourth-order valence-corrected chi connectivity index (χ4v) is 3.41. The van der Waals surface area contributed by atoms with Crippen LogP contribution in [0, 0.1) is 20.8 Å². The van der Waals surface area contributed by atoms with Crippen LogP contribution in [0.25, 0.3) is 11.4 Å². The Morgan fingerprint density at radius 3 is 2.46 bits per heavy atom. The summed E-state index contributed by atoms with van der Waals surface area (Å²) in [6.07, 6.45) is 0. The number of benzene rings is 1. The zero-order valence-electron chi connectivity index (χ0n) is 17.0. The van der Waals surface area contributed by atoms with E-state index in [1.54, 1.807) is 0 Å². The molecule has 0 atom stereocenters. The summed E-state index contributed by atoms with van der Waals surface area (Å²) < 4.78 is 0.